The maximum atomic E-state index is 12.2. The fourth-order valence-corrected chi connectivity index (χ4v) is 4.44. The minimum Gasteiger partial charge on any atom is -0.477 e. The topological polar surface area (TPSA) is 112 Å². The predicted octanol–water partition coefficient (Wildman–Crippen LogP) is 5.33. The van der Waals surface area contributed by atoms with E-state index >= 15 is 0 Å². The van der Waals surface area contributed by atoms with Gasteiger partial charge in [0.15, 0.2) is 23.9 Å². The van der Waals surface area contributed by atoms with E-state index in [0.717, 1.165) is 16.5 Å². The highest BCUT2D eigenvalue weighted by atomic mass is 79.9. The highest BCUT2D eigenvalue weighted by molar-refractivity contribution is 9.10. The predicted molar refractivity (Wildman–Crippen MR) is 132 cm³/mol. The summed E-state index contributed by atoms with van der Waals surface area (Å²) in [6.07, 6.45) is 2.29. The van der Waals surface area contributed by atoms with Gasteiger partial charge < -0.3 is 14.2 Å². The van der Waals surface area contributed by atoms with Crippen LogP contribution in [0.15, 0.2) is 39.9 Å². The Bertz CT molecular complexity index is 1120. The van der Waals surface area contributed by atoms with Gasteiger partial charge in [-0.25, -0.2) is 5.43 Å². The van der Waals surface area contributed by atoms with Crippen LogP contribution in [0.3, 0.4) is 0 Å². The lowest BCUT2D eigenvalue weighted by atomic mass is 9.72. The van der Waals surface area contributed by atoms with Crippen molar-refractivity contribution in [1.29, 1.82) is 0 Å². The SMILES string of the molecule is CC(C)(C)CC(C)(C)c1ccc(OCC(=O)N/N=C/c2cc3c(cc2Br)OCO3)c([N+](=O)[O-])c1. The highest BCUT2D eigenvalue weighted by Gasteiger charge is 2.30. The summed E-state index contributed by atoms with van der Waals surface area (Å²) in [5, 5.41) is 15.6. The van der Waals surface area contributed by atoms with Crippen LogP contribution in [-0.2, 0) is 10.2 Å². The molecule has 2 aromatic rings. The van der Waals surface area contributed by atoms with Gasteiger partial charge in [0, 0.05) is 16.1 Å². The Labute approximate surface area is 206 Å². The van der Waals surface area contributed by atoms with Crippen LogP contribution in [0.2, 0.25) is 0 Å². The number of fused-ring (bicyclic) bond motifs is 1. The molecule has 0 aliphatic carbocycles. The molecule has 0 unspecified atom stereocenters. The largest absolute Gasteiger partial charge is 0.477 e. The number of carbonyl (C=O) groups is 1. The summed E-state index contributed by atoms with van der Waals surface area (Å²) in [5.41, 5.74) is 3.47. The van der Waals surface area contributed by atoms with Gasteiger partial charge in [0.25, 0.3) is 5.91 Å². The van der Waals surface area contributed by atoms with Crippen molar-refractivity contribution < 1.29 is 23.9 Å². The Morgan fingerprint density at radius 3 is 2.53 bits per heavy atom. The molecular formula is C24H28BrN3O6. The zero-order chi connectivity index (χ0) is 25.1. The fourth-order valence-electron chi connectivity index (χ4n) is 4.01. The van der Waals surface area contributed by atoms with Crippen molar-refractivity contribution in [1.82, 2.24) is 5.43 Å². The van der Waals surface area contributed by atoms with Gasteiger partial charge in [0.2, 0.25) is 6.79 Å². The van der Waals surface area contributed by atoms with Gasteiger partial charge in [0.05, 0.1) is 11.1 Å². The van der Waals surface area contributed by atoms with Crippen LogP contribution in [0.25, 0.3) is 0 Å². The third-order valence-electron chi connectivity index (χ3n) is 5.15. The lowest BCUT2D eigenvalue weighted by molar-refractivity contribution is -0.385. The van der Waals surface area contributed by atoms with E-state index in [2.05, 4.69) is 61.1 Å². The zero-order valence-electron chi connectivity index (χ0n) is 19.8. The number of halogens is 1. The molecule has 0 bridgehead atoms. The highest BCUT2D eigenvalue weighted by Crippen LogP contribution is 2.39. The molecule has 0 radical (unpaired) electrons. The second kappa shape index (κ2) is 10.0. The van der Waals surface area contributed by atoms with E-state index in [-0.39, 0.29) is 29.1 Å². The van der Waals surface area contributed by atoms with Crippen LogP contribution >= 0.6 is 15.9 Å². The molecule has 3 rings (SSSR count). The molecule has 0 saturated carbocycles. The summed E-state index contributed by atoms with van der Waals surface area (Å²) in [6, 6.07) is 8.35. The molecule has 10 heteroatoms. The first kappa shape index (κ1) is 25.5. The van der Waals surface area contributed by atoms with E-state index in [0.29, 0.717) is 17.1 Å². The van der Waals surface area contributed by atoms with E-state index in [9.17, 15) is 14.9 Å². The van der Waals surface area contributed by atoms with Gasteiger partial charge >= 0.3 is 5.69 Å². The molecule has 0 fully saturated rings. The summed E-state index contributed by atoms with van der Waals surface area (Å²) >= 11 is 3.41. The number of amides is 1. The maximum absolute atomic E-state index is 12.2. The molecule has 2 aromatic carbocycles. The Morgan fingerprint density at radius 1 is 1.21 bits per heavy atom. The summed E-state index contributed by atoms with van der Waals surface area (Å²) in [7, 11) is 0. The maximum Gasteiger partial charge on any atom is 0.311 e. The fraction of sp³-hybridized carbons (Fsp3) is 0.417. The third kappa shape index (κ3) is 6.47. The first-order valence-corrected chi connectivity index (χ1v) is 11.5. The van der Waals surface area contributed by atoms with Crippen molar-refractivity contribution >= 4 is 33.7 Å². The quantitative estimate of drug-likeness (QED) is 0.278. The smallest absolute Gasteiger partial charge is 0.311 e. The number of ether oxygens (including phenoxy) is 3. The minimum absolute atomic E-state index is 0.0259. The lowest BCUT2D eigenvalue weighted by Gasteiger charge is -2.33. The number of nitro groups is 1. The first-order valence-electron chi connectivity index (χ1n) is 10.7. The number of hydrogen-bond donors (Lipinski definition) is 1. The number of hydrazone groups is 1. The van der Waals surface area contributed by atoms with Crippen LogP contribution in [0.4, 0.5) is 5.69 Å². The summed E-state index contributed by atoms with van der Waals surface area (Å²) in [4.78, 5) is 23.3. The standard InChI is InChI=1S/C24H28BrN3O6/c1-23(2,3)13-24(4,5)16-6-7-19(18(9-16)28(30)31)32-12-22(29)27-26-11-15-8-20-21(10-17(15)25)34-14-33-20/h6-11H,12-14H2,1-5H3,(H,27,29)/b26-11+. The van der Waals surface area contributed by atoms with Crippen LogP contribution in [0, 0.1) is 15.5 Å². The normalized spacial score (nSPS) is 13.2. The van der Waals surface area contributed by atoms with E-state index in [1.807, 2.05) is 0 Å². The van der Waals surface area contributed by atoms with Crippen LogP contribution in [0.5, 0.6) is 17.2 Å². The molecule has 0 atom stereocenters. The van der Waals surface area contributed by atoms with E-state index in [1.54, 1.807) is 18.2 Å². The summed E-state index contributed by atoms with van der Waals surface area (Å²) in [5.74, 6) is 0.675. The van der Waals surface area contributed by atoms with Crippen molar-refractivity contribution in [2.24, 2.45) is 10.5 Å². The van der Waals surface area contributed by atoms with E-state index in [1.165, 1.54) is 18.3 Å². The molecule has 1 aliphatic heterocycles. The van der Waals surface area contributed by atoms with Crippen LogP contribution in [-0.4, -0.2) is 30.4 Å². The zero-order valence-corrected chi connectivity index (χ0v) is 21.4. The van der Waals surface area contributed by atoms with E-state index < -0.39 is 17.4 Å². The van der Waals surface area contributed by atoms with Gasteiger partial charge in [-0.3, -0.25) is 14.9 Å². The Hall–Kier alpha value is -3.14. The van der Waals surface area contributed by atoms with Gasteiger partial charge in [0.1, 0.15) is 0 Å². The molecule has 0 saturated heterocycles. The Balaban J connectivity index is 1.64. The number of nitrogens with one attached hydrogen (secondary N) is 1. The molecule has 1 aliphatic rings. The molecule has 1 N–H and O–H groups in total. The average molecular weight is 534 g/mol. The van der Waals surface area contributed by atoms with Gasteiger partial charge in [-0.2, -0.15) is 5.10 Å². The average Bonchev–Trinajstić information content (AvgIpc) is 3.17. The first-order chi connectivity index (χ1) is 15.9. The van der Waals surface area contributed by atoms with Crippen molar-refractivity contribution in [2.45, 2.75) is 46.5 Å². The minimum atomic E-state index is -0.556. The number of hydrogen-bond acceptors (Lipinski definition) is 7. The molecular weight excluding hydrogens is 506 g/mol. The van der Waals surface area contributed by atoms with Crippen molar-refractivity contribution in [2.75, 3.05) is 13.4 Å². The monoisotopic (exact) mass is 533 g/mol. The van der Waals surface area contributed by atoms with Crippen LogP contribution < -0.4 is 19.6 Å². The molecule has 182 valence electrons. The number of nitro benzene ring substituents is 1. The molecule has 0 spiro atoms. The van der Waals surface area contributed by atoms with Crippen molar-refractivity contribution in [3.05, 3.63) is 56.0 Å². The molecule has 34 heavy (non-hydrogen) atoms. The van der Waals surface area contributed by atoms with Gasteiger partial charge in [-0.05, 0) is 56.9 Å². The van der Waals surface area contributed by atoms with Gasteiger partial charge in [-0.1, -0.05) is 40.7 Å². The second-order valence-electron chi connectivity index (χ2n) is 9.87. The Morgan fingerprint density at radius 2 is 1.88 bits per heavy atom. The molecule has 9 nitrogen and oxygen atoms in total. The van der Waals surface area contributed by atoms with E-state index in [4.69, 9.17) is 14.2 Å². The number of benzene rings is 2. The third-order valence-corrected chi connectivity index (χ3v) is 5.84. The molecule has 1 heterocycles. The van der Waals surface area contributed by atoms with Crippen molar-refractivity contribution in [3.63, 3.8) is 0 Å². The lowest BCUT2D eigenvalue weighted by Crippen LogP contribution is -2.26. The number of rotatable bonds is 8. The van der Waals surface area contributed by atoms with Crippen molar-refractivity contribution in [3.8, 4) is 17.2 Å². The van der Waals surface area contributed by atoms with Gasteiger partial charge in [-0.15, -0.1) is 0 Å². The Kier molecular flexibility index (Phi) is 7.50. The second-order valence-corrected chi connectivity index (χ2v) is 10.7. The van der Waals surface area contributed by atoms with Crippen LogP contribution in [0.1, 0.15) is 52.2 Å². The number of carbonyl (C=O) groups excluding carboxylic acids is 1. The molecule has 1 amide bonds. The summed E-state index contributed by atoms with van der Waals surface area (Å²) in [6.45, 7) is 10.2. The summed E-state index contributed by atoms with van der Waals surface area (Å²) < 4.78 is 16.8. The molecule has 0 aromatic heterocycles. The number of nitrogens with zero attached hydrogens (tertiary/aromatic N) is 2.